The molecule has 1 aromatic heterocycles. The lowest BCUT2D eigenvalue weighted by molar-refractivity contribution is 0.600. The average molecular weight is 363 g/mol. The first kappa shape index (κ1) is 14.2. The van der Waals surface area contributed by atoms with Gasteiger partial charge in [-0.2, -0.15) is 0 Å². The number of benzene rings is 1. The third-order valence-electron chi connectivity index (χ3n) is 2.28. The molecular formula is C11H9BrClN3O2S. The van der Waals surface area contributed by atoms with Gasteiger partial charge in [-0.3, -0.25) is 9.71 Å². The van der Waals surface area contributed by atoms with Crippen molar-refractivity contribution < 1.29 is 8.42 Å². The van der Waals surface area contributed by atoms with Crippen LogP contribution in [0.4, 0.5) is 5.82 Å². The molecule has 19 heavy (non-hydrogen) atoms. The lowest BCUT2D eigenvalue weighted by Crippen LogP contribution is -2.15. The van der Waals surface area contributed by atoms with E-state index in [1.807, 2.05) is 0 Å². The molecule has 0 radical (unpaired) electrons. The van der Waals surface area contributed by atoms with Crippen LogP contribution < -0.4 is 4.72 Å². The van der Waals surface area contributed by atoms with E-state index in [1.165, 1.54) is 18.5 Å². The Morgan fingerprint density at radius 2 is 2.05 bits per heavy atom. The Morgan fingerprint density at radius 1 is 1.32 bits per heavy atom. The van der Waals surface area contributed by atoms with Crippen LogP contribution in [-0.4, -0.2) is 18.4 Å². The third-order valence-corrected chi connectivity index (χ3v) is 4.46. The van der Waals surface area contributed by atoms with E-state index in [1.54, 1.807) is 19.1 Å². The van der Waals surface area contributed by atoms with Crippen LogP contribution in [0, 0.1) is 6.92 Å². The number of nitrogens with one attached hydrogen (secondary N) is 1. The molecule has 0 atom stereocenters. The van der Waals surface area contributed by atoms with E-state index in [0.717, 1.165) is 0 Å². The van der Waals surface area contributed by atoms with Crippen molar-refractivity contribution in [1.82, 2.24) is 9.97 Å². The molecule has 0 aliphatic carbocycles. The van der Waals surface area contributed by atoms with Crippen LogP contribution in [0.3, 0.4) is 0 Å². The summed E-state index contributed by atoms with van der Waals surface area (Å²) in [6.07, 6.45) is 2.61. The van der Waals surface area contributed by atoms with Gasteiger partial charge in [-0.25, -0.2) is 13.4 Å². The quantitative estimate of drug-likeness (QED) is 0.911. The highest BCUT2D eigenvalue weighted by Crippen LogP contribution is 2.22. The van der Waals surface area contributed by atoms with E-state index in [-0.39, 0.29) is 15.9 Å². The summed E-state index contributed by atoms with van der Waals surface area (Å²) in [7, 11) is -3.72. The molecule has 1 N–H and O–H groups in total. The van der Waals surface area contributed by atoms with Gasteiger partial charge in [-0.05, 0) is 24.6 Å². The highest BCUT2D eigenvalue weighted by Gasteiger charge is 2.18. The largest absolute Gasteiger partial charge is 0.263 e. The molecule has 5 nitrogen and oxygen atoms in total. The maximum absolute atomic E-state index is 12.2. The predicted octanol–water partition coefficient (Wildman–Crippen LogP) is 3.00. The van der Waals surface area contributed by atoms with Crippen LogP contribution in [0.15, 0.2) is 40.0 Å². The SMILES string of the molecule is Cc1ccc(Br)cc1S(=O)(=O)Nc1cncc(Cl)n1. The second-order valence-electron chi connectivity index (χ2n) is 3.74. The minimum Gasteiger partial charge on any atom is -0.262 e. The van der Waals surface area contributed by atoms with Gasteiger partial charge in [-0.1, -0.05) is 33.6 Å². The molecule has 100 valence electrons. The summed E-state index contributed by atoms with van der Waals surface area (Å²) in [5, 5.41) is 0.117. The van der Waals surface area contributed by atoms with Gasteiger partial charge >= 0.3 is 0 Å². The van der Waals surface area contributed by atoms with Gasteiger partial charge < -0.3 is 0 Å². The molecule has 0 bridgehead atoms. The Labute approximate surface area is 124 Å². The average Bonchev–Trinajstić information content (AvgIpc) is 2.31. The van der Waals surface area contributed by atoms with E-state index < -0.39 is 10.0 Å². The van der Waals surface area contributed by atoms with Gasteiger partial charge in [0.15, 0.2) is 5.82 Å². The number of aryl methyl sites for hydroxylation is 1. The maximum atomic E-state index is 12.2. The third kappa shape index (κ3) is 3.43. The summed E-state index contributed by atoms with van der Waals surface area (Å²) in [5.74, 6) is 0.0758. The van der Waals surface area contributed by atoms with E-state index in [4.69, 9.17) is 11.6 Å². The van der Waals surface area contributed by atoms with Crippen LogP contribution in [0.2, 0.25) is 5.15 Å². The monoisotopic (exact) mass is 361 g/mol. The van der Waals surface area contributed by atoms with E-state index in [2.05, 4.69) is 30.6 Å². The van der Waals surface area contributed by atoms with E-state index in [0.29, 0.717) is 10.0 Å². The van der Waals surface area contributed by atoms with E-state index >= 15 is 0 Å². The summed E-state index contributed by atoms with van der Waals surface area (Å²) < 4.78 is 27.5. The summed E-state index contributed by atoms with van der Waals surface area (Å²) in [6, 6.07) is 5.01. The predicted molar refractivity (Wildman–Crippen MR) is 76.7 cm³/mol. The fourth-order valence-corrected chi connectivity index (χ4v) is 3.37. The molecular weight excluding hydrogens is 354 g/mol. The number of aromatic nitrogens is 2. The van der Waals surface area contributed by atoms with Crippen molar-refractivity contribution in [3.63, 3.8) is 0 Å². The molecule has 0 saturated carbocycles. The molecule has 0 aliphatic rings. The molecule has 0 fully saturated rings. The molecule has 0 saturated heterocycles. The number of nitrogens with zero attached hydrogens (tertiary/aromatic N) is 2. The maximum Gasteiger partial charge on any atom is 0.263 e. The highest BCUT2D eigenvalue weighted by molar-refractivity contribution is 9.10. The standard InChI is InChI=1S/C11H9BrClN3O2S/c1-7-2-3-8(12)4-9(7)19(17,18)16-11-6-14-5-10(13)15-11/h2-6H,1H3,(H,15,16). The Bertz CT molecular complexity index is 722. The Morgan fingerprint density at radius 3 is 2.74 bits per heavy atom. The van der Waals surface area contributed by atoms with Gasteiger partial charge in [-0.15, -0.1) is 0 Å². The zero-order valence-electron chi connectivity index (χ0n) is 9.76. The molecule has 1 aromatic carbocycles. The minimum atomic E-state index is -3.72. The fraction of sp³-hybridized carbons (Fsp3) is 0.0909. The first-order valence-electron chi connectivity index (χ1n) is 5.15. The highest BCUT2D eigenvalue weighted by atomic mass is 79.9. The Kier molecular flexibility index (Phi) is 4.07. The Balaban J connectivity index is 2.40. The number of halogens is 2. The van der Waals surface area contributed by atoms with E-state index in [9.17, 15) is 8.42 Å². The number of anilines is 1. The van der Waals surface area contributed by atoms with Gasteiger partial charge in [0.2, 0.25) is 0 Å². The van der Waals surface area contributed by atoms with Crippen molar-refractivity contribution in [3.05, 3.63) is 45.8 Å². The van der Waals surface area contributed by atoms with Crippen molar-refractivity contribution in [2.75, 3.05) is 4.72 Å². The molecule has 1 heterocycles. The molecule has 8 heteroatoms. The van der Waals surface area contributed by atoms with Gasteiger partial charge in [0.1, 0.15) is 5.15 Å². The second kappa shape index (κ2) is 5.44. The first-order valence-corrected chi connectivity index (χ1v) is 7.80. The van der Waals surface area contributed by atoms with Crippen LogP contribution >= 0.6 is 27.5 Å². The van der Waals surface area contributed by atoms with Gasteiger partial charge in [0, 0.05) is 4.47 Å². The topological polar surface area (TPSA) is 72.0 Å². The molecule has 0 unspecified atom stereocenters. The second-order valence-corrected chi connectivity index (χ2v) is 6.70. The summed E-state index contributed by atoms with van der Waals surface area (Å²) in [4.78, 5) is 7.78. The van der Waals surface area contributed by atoms with Crippen LogP contribution in [0.25, 0.3) is 0 Å². The van der Waals surface area contributed by atoms with Crippen molar-refractivity contribution in [2.45, 2.75) is 11.8 Å². The van der Waals surface area contributed by atoms with Gasteiger partial charge in [0.05, 0.1) is 17.3 Å². The minimum absolute atomic E-state index is 0.0758. The molecule has 2 rings (SSSR count). The van der Waals surface area contributed by atoms with Crippen LogP contribution in [0.1, 0.15) is 5.56 Å². The number of rotatable bonds is 3. The normalized spacial score (nSPS) is 11.3. The molecule has 2 aromatic rings. The zero-order chi connectivity index (χ0) is 14.0. The van der Waals surface area contributed by atoms with Crippen molar-refractivity contribution in [3.8, 4) is 0 Å². The Hall–Kier alpha value is -1.18. The summed E-state index contributed by atoms with van der Waals surface area (Å²) in [6.45, 7) is 1.71. The number of hydrogen-bond donors (Lipinski definition) is 1. The molecule has 0 amide bonds. The molecule has 0 spiro atoms. The summed E-state index contributed by atoms with van der Waals surface area (Å²) >= 11 is 8.90. The zero-order valence-corrected chi connectivity index (χ0v) is 12.9. The summed E-state index contributed by atoms with van der Waals surface area (Å²) in [5.41, 5.74) is 0.630. The smallest absolute Gasteiger partial charge is 0.262 e. The van der Waals surface area contributed by atoms with Crippen molar-refractivity contribution >= 4 is 43.4 Å². The van der Waals surface area contributed by atoms with Crippen molar-refractivity contribution in [2.24, 2.45) is 0 Å². The number of hydrogen-bond acceptors (Lipinski definition) is 4. The lowest BCUT2D eigenvalue weighted by Gasteiger charge is -2.09. The lowest BCUT2D eigenvalue weighted by atomic mass is 10.2. The first-order chi connectivity index (χ1) is 8.88. The molecule has 0 aliphatic heterocycles. The van der Waals surface area contributed by atoms with Crippen LogP contribution in [0.5, 0.6) is 0 Å². The fourth-order valence-electron chi connectivity index (χ4n) is 1.45. The van der Waals surface area contributed by atoms with Gasteiger partial charge in [0.25, 0.3) is 10.0 Å². The van der Waals surface area contributed by atoms with Crippen molar-refractivity contribution in [1.29, 1.82) is 0 Å². The number of sulfonamides is 1. The van der Waals surface area contributed by atoms with Crippen LogP contribution in [-0.2, 0) is 10.0 Å².